The van der Waals surface area contributed by atoms with Gasteiger partial charge in [-0.2, -0.15) is 9.67 Å². The van der Waals surface area contributed by atoms with Gasteiger partial charge in [-0.1, -0.05) is 35.9 Å². The van der Waals surface area contributed by atoms with Gasteiger partial charge in [0.2, 0.25) is 11.9 Å². The molecule has 0 fully saturated rings. The first-order valence-electron chi connectivity index (χ1n) is 9.38. The second-order valence-electron chi connectivity index (χ2n) is 6.72. The Morgan fingerprint density at radius 3 is 2.35 bits per heavy atom. The fourth-order valence-corrected chi connectivity index (χ4v) is 3.61. The van der Waals surface area contributed by atoms with Gasteiger partial charge >= 0.3 is 5.97 Å². The monoisotopic (exact) mass is 443 g/mol. The molecule has 3 aromatic rings. The van der Waals surface area contributed by atoms with Gasteiger partial charge in [-0.15, -0.1) is 5.10 Å². The van der Waals surface area contributed by atoms with Crippen LogP contribution in [0.15, 0.2) is 59.5 Å². The maximum Gasteiger partial charge on any atom is 0.303 e. The molecule has 1 amide bonds. The molecule has 31 heavy (non-hydrogen) atoms. The third kappa shape index (κ3) is 5.89. The van der Waals surface area contributed by atoms with E-state index in [0.29, 0.717) is 5.69 Å². The van der Waals surface area contributed by atoms with Crippen molar-refractivity contribution < 1.29 is 23.1 Å². The summed E-state index contributed by atoms with van der Waals surface area (Å²) < 4.78 is 28.9. The van der Waals surface area contributed by atoms with E-state index < -0.39 is 21.9 Å². The Kier molecular flexibility index (Phi) is 6.65. The number of hydrogen-bond donors (Lipinski definition) is 3. The van der Waals surface area contributed by atoms with Crippen molar-refractivity contribution in [1.82, 2.24) is 14.8 Å². The number of nitrogens with one attached hydrogen (secondary N) is 2. The first kappa shape index (κ1) is 22.0. The second kappa shape index (κ2) is 9.39. The smallest absolute Gasteiger partial charge is 0.303 e. The number of para-hydroxylation sites is 1. The van der Waals surface area contributed by atoms with Crippen LogP contribution in [0.3, 0.4) is 0 Å². The van der Waals surface area contributed by atoms with Crippen LogP contribution in [-0.2, 0) is 19.6 Å². The van der Waals surface area contributed by atoms with E-state index in [1.807, 2.05) is 6.92 Å². The molecule has 3 N–H and O–H groups in total. The fourth-order valence-electron chi connectivity index (χ4n) is 2.67. The maximum atomic E-state index is 12.7. The van der Waals surface area contributed by atoms with Crippen LogP contribution >= 0.6 is 0 Å². The van der Waals surface area contributed by atoms with E-state index in [2.05, 4.69) is 20.1 Å². The van der Waals surface area contributed by atoms with E-state index in [0.717, 1.165) is 5.56 Å². The molecule has 0 radical (unpaired) electrons. The highest BCUT2D eigenvalue weighted by atomic mass is 32.2. The van der Waals surface area contributed by atoms with Gasteiger partial charge in [0.05, 0.1) is 10.6 Å². The van der Waals surface area contributed by atoms with Crippen molar-refractivity contribution in [1.29, 1.82) is 0 Å². The summed E-state index contributed by atoms with van der Waals surface area (Å²) >= 11 is 0. The van der Waals surface area contributed by atoms with Gasteiger partial charge in [0, 0.05) is 12.8 Å². The predicted molar refractivity (Wildman–Crippen MR) is 113 cm³/mol. The number of hydrogen-bond acceptors (Lipinski definition) is 6. The van der Waals surface area contributed by atoms with E-state index in [1.165, 1.54) is 16.8 Å². The van der Waals surface area contributed by atoms with Crippen molar-refractivity contribution in [3.05, 3.63) is 60.2 Å². The standard InChI is InChI=1S/C20H21N5O5S/c1-14-10-12-16(13-11-14)31(29,30)24-19-22-20(21-17(26)8-5-9-18(27)28)25(23-19)15-6-3-2-4-7-15/h2-4,6-7,10-13H,5,8-9H2,1H3,(H,27,28)(H2,21,22,23,24,26). The van der Waals surface area contributed by atoms with Gasteiger partial charge in [-0.05, 0) is 37.6 Å². The zero-order valence-corrected chi connectivity index (χ0v) is 17.5. The summed E-state index contributed by atoms with van der Waals surface area (Å²) in [7, 11) is -3.93. The highest BCUT2D eigenvalue weighted by molar-refractivity contribution is 7.92. The maximum absolute atomic E-state index is 12.7. The van der Waals surface area contributed by atoms with Gasteiger partial charge in [-0.25, -0.2) is 13.1 Å². The zero-order chi connectivity index (χ0) is 22.4. The molecule has 2 aromatic carbocycles. The van der Waals surface area contributed by atoms with E-state index in [9.17, 15) is 18.0 Å². The SMILES string of the molecule is Cc1ccc(S(=O)(=O)Nc2nc(NC(=O)CCCC(=O)O)n(-c3ccccc3)n2)cc1. The first-order valence-corrected chi connectivity index (χ1v) is 10.9. The van der Waals surface area contributed by atoms with Crippen LogP contribution < -0.4 is 10.0 Å². The Morgan fingerprint density at radius 2 is 1.71 bits per heavy atom. The molecule has 162 valence electrons. The number of aliphatic carboxylic acids is 1. The average Bonchev–Trinajstić information content (AvgIpc) is 3.10. The summed E-state index contributed by atoms with van der Waals surface area (Å²) in [5, 5.41) is 15.4. The first-order chi connectivity index (χ1) is 14.7. The Hall–Kier alpha value is -3.73. The van der Waals surface area contributed by atoms with E-state index >= 15 is 0 Å². The molecule has 0 unspecified atom stereocenters. The Balaban J connectivity index is 1.85. The lowest BCUT2D eigenvalue weighted by molar-refractivity contribution is -0.137. The topological polar surface area (TPSA) is 143 Å². The average molecular weight is 443 g/mol. The molecule has 1 aromatic heterocycles. The summed E-state index contributed by atoms with van der Waals surface area (Å²) in [5.41, 5.74) is 1.47. The minimum Gasteiger partial charge on any atom is -0.481 e. The van der Waals surface area contributed by atoms with Crippen molar-refractivity contribution in [2.45, 2.75) is 31.1 Å². The molecule has 3 rings (SSSR count). The Morgan fingerprint density at radius 1 is 1.03 bits per heavy atom. The van der Waals surface area contributed by atoms with Gasteiger partial charge < -0.3 is 5.11 Å². The number of anilines is 2. The Bertz CT molecular complexity index is 1170. The third-order valence-corrected chi connectivity index (χ3v) is 5.55. The molecule has 0 aliphatic carbocycles. The van der Waals surface area contributed by atoms with E-state index in [4.69, 9.17) is 5.11 Å². The van der Waals surface area contributed by atoms with E-state index in [-0.39, 0.29) is 36.1 Å². The lowest BCUT2D eigenvalue weighted by atomic mass is 10.2. The van der Waals surface area contributed by atoms with Crippen molar-refractivity contribution in [3.63, 3.8) is 0 Å². The van der Waals surface area contributed by atoms with Crippen LogP contribution in [0.5, 0.6) is 0 Å². The molecule has 0 aliphatic heterocycles. The van der Waals surface area contributed by atoms with Crippen LogP contribution in [0, 0.1) is 6.92 Å². The normalized spacial score (nSPS) is 11.1. The zero-order valence-electron chi connectivity index (χ0n) is 16.6. The van der Waals surface area contributed by atoms with Gasteiger partial charge in [0.25, 0.3) is 16.0 Å². The predicted octanol–water partition coefficient (Wildman–Crippen LogP) is 2.57. The summed E-state index contributed by atoms with van der Waals surface area (Å²) in [4.78, 5) is 27.0. The Labute approximate surface area is 179 Å². The van der Waals surface area contributed by atoms with Crippen molar-refractivity contribution in [2.24, 2.45) is 0 Å². The number of amides is 1. The number of aromatic nitrogens is 3. The number of carbonyl (C=O) groups is 2. The van der Waals surface area contributed by atoms with Crippen LogP contribution in [-0.4, -0.2) is 40.2 Å². The van der Waals surface area contributed by atoms with Gasteiger partial charge in [-0.3, -0.25) is 14.9 Å². The molecule has 0 atom stereocenters. The van der Waals surface area contributed by atoms with Crippen LogP contribution in [0.4, 0.5) is 11.9 Å². The molecule has 10 nitrogen and oxygen atoms in total. The fraction of sp³-hybridized carbons (Fsp3) is 0.200. The largest absolute Gasteiger partial charge is 0.481 e. The highest BCUT2D eigenvalue weighted by Crippen LogP contribution is 2.19. The number of aryl methyl sites for hydroxylation is 1. The minimum absolute atomic E-state index is 0.00753. The molecule has 0 saturated heterocycles. The number of rotatable bonds is 9. The summed E-state index contributed by atoms with van der Waals surface area (Å²) in [6, 6.07) is 15.0. The molecule has 0 saturated carbocycles. The van der Waals surface area contributed by atoms with Crippen LogP contribution in [0.2, 0.25) is 0 Å². The molecular weight excluding hydrogens is 422 g/mol. The number of carboxylic acids is 1. The number of nitrogens with zero attached hydrogens (tertiary/aromatic N) is 3. The van der Waals surface area contributed by atoms with Gasteiger partial charge in [0.1, 0.15) is 0 Å². The summed E-state index contributed by atoms with van der Waals surface area (Å²) in [6.07, 6.45) is -0.00762. The van der Waals surface area contributed by atoms with Crippen molar-refractivity contribution >= 4 is 33.8 Å². The molecule has 0 spiro atoms. The van der Waals surface area contributed by atoms with Crippen LogP contribution in [0.1, 0.15) is 24.8 Å². The van der Waals surface area contributed by atoms with Crippen molar-refractivity contribution in [2.75, 3.05) is 10.0 Å². The highest BCUT2D eigenvalue weighted by Gasteiger charge is 2.20. The van der Waals surface area contributed by atoms with Gasteiger partial charge in [0.15, 0.2) is 0 Å². The molecule has 0 bridgehead atoms. The lowest BCUT2D eigenvalue weighted by Crippen LogP contribution is -2.16. The quantitative estimate of drug-likeness (QED) is 0.461. The lowest BCUT2D eigenvalue weighted by Gasteiger charge is -2.06. The molecular formula is C20H21N5O5S. The number of carbonyl (C=O) groups excluding carboxylic acids is 1. The summed E-state index contributed by atoms with van der Waals surface area (Å²) in [5.74, 6) is -1.66. The minimum atomic E-state index is -3.93. The number of benzene rings is 2. The molecule has 1 heterocycles. The number of sulfonamides is 1. The second-order valence-corrected chi connectivity index (χ2v) is 8.40. The summed E-state index contributed by atoms with van der Waals surface area (Å²) in [6.45, 7) is 1.85. The van der Waals surface area contributed by atoms with Crippen LogP contribution in [0.25, 0.3) is 5.69 Å². The van der Waals surface area contributed by atoms with Crippen molar-refractivity contribution in [3.8, 4) is 5.69 Å². The van der Waals surface area contributed by atoms with E-state index in [1.54, 1.807) is 42.5 Å². The molecule has 11 heteroatoms. The third-order valence-electron chi connectivity index (χ3n) is 4.21. The molecule has 0 aliphatic rings. The number of carboxylic acid groups (broad SMARTS) is 1.